The van der Waals surface area contributed by atoms with Crippen molar-refractivity contribution in [2.24, 2.45) is 0 Å². The van der Waals surface area contributed by atoms with Gasteiger partial charge in [-0.25, -0.2) is 0 Å². The standard InChI is InChI=1S/C17H19N3O3/c18-14-13(16(21)20-10-17(22)7-9-23-11-17)6-8-19-15(14)12-4-2-1-3-5-12/h1-6,8,22H,7,9-11,18H2,(H,20,21). The maximum Gasteiger partial charge on any atom is 0.253 e. The number of hydrogen-bond donors (Lipinski definition) is 3. The maximum atomic E-state index is 12.4. The second kappa shape index (κ2) is 6.36. The summed E-state index contributed by atoms with van der Waals surface area (Å²) >= 11 is 0. The Morgan fingerprint density at radius 2 is 2.13 bits per heavy atom. The van der Waals surface area contributed by atoms with E-state index in [-0.39, 0.29) is 19.1 Å². The third kappa shape index (κ3) is 3.33. The minimum absolute atomic E-state index is 0.133. The van der Waals surface area contributed by atoms with Crippen LogP contribution in [-0.4, -0.2) is 41.4 Å². The first-order valence-corrected chi connectivity index (χ1v) is 7.47. The van der Waals surface area contributed by atoms with Crippen LogP contribution < -0.4 is 11.1 Å². The summed E-state index contributed by atoms with van der Waals surface area (Å²) in [6, 6.07) is 11.0. The Hall–Kier alpha value is -2.44. The van der Waals surface area contributed by atoms with Gasteiger partial charge < -0.3 is 20.9 Å². The monoisotopic (exact) mass is 313 g/mol. The number of rotatable bonds is 4. The van der Waals surface area contributed by atoms with Gasteiger partial charge in [0.25, 0.3) is 5.91 Å². The fraction of sp³-hybridized carbons (Fsp3) is 0.294. The van der Waals surface area contributed by atoms with E-state index in [2.05, 4.69) is 10.3 Å². The molecule has 0 saturated carbocycles. The van der Waals surface area contributed by atoms with Crippen molar-refractivity contribution in [2.45, 2.75) is 12.0 Å². The van der Waals surface area contributed by atoms with Crippen LogP contribution in [0.3, 0.4) is 0 Å². The first kappa shape index (κ1) is 15.5. The molecule has 1 aromatic carbocycles. The second-order valence-corrected chi connectivity index (χ2v) is 5.70. The van der Waals surface area contributed by atoms with Gasteiger partial charge in [0.1, 0.15) is 5.60 Å². The molecule has 1 amide bonds. The number of amides is 1. The van der Waals surface area contributed by atoms with Crippen molar-refractivity contribution >= 4 is 11.6 Å². The van der Waals surface area contributed by atoms with E-state index in [0.29, 0.717) is 30.0 Å². The number of aromatic nitrogens is 1. The molecule has 1 fully saturated rings. The number of nitrogen functional groups attached to an aromatic ring is 1. The number of benzene rings is 1. The molecule has 2 heterocycles. The van der Waals surface area contributed by atoms with E-state index in [1.807, 2.05) is 30.3 Å². The second-order valence-electron chi connectivity index (χ2n) is 5.70. The van der Waals surface area contributed by atoms with Gasteiger partial charge >= 0.3 is 0 Å². The van der Waals surface area contributed by atoms with Gasteiger partial charge in [-0.05, 0) is 6.07 Å². The van der Waals surface area contributed by atoms with Crippen LogP contribution >= 0.6 is 0 Å². The molecular formula is C17H19N3O3. The molecular weight excluding hydrogens is 294 g/mol. The van der Waals surface area contributed by atoms with Crippen LogP contribution in [-0.2, 0) is 4.74 Å². The summed E-state index contributed by atoms with van der Waals surface area (Å²) in [5.74, 6) is -0.331. The quantitative estimate of drug-likeness (QED) is 0.788. The zero-order valence-electron chi connectivity index (χ0n) is 12.7. The Morgan fingerprint density at radius 1 is 1.35 bits per heavy atom. The van der Waals surface area contributed by atoms with Gasteiger partial charge in [0, 0.05) is 31.3 Å². The highest BCUT2D eigenvalue weighted by atomic mass is 16.5. The van der Waals surface area contributed by atoms with Gasteiger partial charge in [0.2, 0.25) is 0 Å². The molecule has 6 heteroatoms. The van der Waals surface area contributed by atoms with Crippen molar-refractivity contribution in [3.8, 4) is 11.3 Å². The lowest BCUT2D eigenvalue weighted by Crippen LogP contribution is -2.43. The number of aliphatic hydroxyl groups is 1. The first-order chi connectivity index (χ1) is 11.1. The van der Waals surface area contributed by atoms with E-state index in [1.165, 1.54) is 0 Å². The number of hydrogen-bond acceptors (Lipinski definition) is 5. The molecule has 0 radical (unpaired) electrons. The molecule has 1 unspecified atom stereocenters. The van der Waals surface area contributed by atoms with E-state index < -0.39 is 5.60 Å². The predicted molar refractivity (Wildman–Crippen MR) is 86.8 cm³/mol. The molecule has 1 saturated heterocycles. The summed E-state index contributed by atoms with van der Waals surface area (Å²) in [5, 5.41) is 12.9. The third-order valence-corrected chi connectivity index (χ3v) is 3.94. The first-order valence-electron chi connectivity index (χ1n) is 7.47. The van der Waals surface area contributed by atoms with Crippen LogP contribution in [0.4, 0.5) is 5.69 Å². The highest BCUT2D eigenvalue weighted by Gasteiger charge is 2.32. The Morgan fingerprint density at radius 3 is 2.83 bits per heavy atom. The summed E-state index contributed by atoms with van der Waals surface area (Å²) in [5.41, 5.74) is 7.22. The molecule has 0 aliphatic carbocycles. The molecule has 0 spiro atoms. The topological polar surface area (TPSA) is 97.5 Å². The van der Waals surface area contributed by atoms with Crippen LogP contribution in [0, 0.1) is 0 Å². The van der Waals surface area contributed by atoms with Gasteiger partial charge in [-0.3, -0.25) is 9.78 Å². The highest BCUT2D eigenvalue weighted by Crippen LogP contribution is 2.26. The lowest BCUT2D eigenvalue weighted by molar-refractivity contribution is 0.0265. The highest BCUT2D eigenvalue weighted by molar-refractivity contribution is 6.01. The molecule has 6 nitrogen and oxygen atoms in total. The Labute approximate surface area is 134 Å². The molecule has 3 rings (SSSR count). The number of ether oxygens (including phenoxy) is 1. The number of carbonyl (C=O) groups is 1. The molecule has 2 aromatic rings. The van der Waals surface area contributed by atoms with Gasteiger partial charge in [0.15, 0.2) is 0 Å². The Kier molecular flexibility index (Phi) is 4.27. The van der Waals surface area contributed by atoms with Crippen LogP contribution in [0.5, 0.6) is 0 Å². The third-order valence-electron chi connectivity index (χ3n) is 3.94. The molecule has 1 aromatic heterocycles. The summed E-state index contributed by atoms with van der Waals surface area (Å²) < 4.78 is 5.16. The SMILES string of the molecule is Nc1c(C(=O)NCC2(O)CCOC2)ccnc1-c1ccccc1. The lowest BCUT2D eigenvalue weighted by atomic mass is 10.0. The molecule has 1 atom stereocenters. The van der Waals surface area contributed by atoms with Crippen molar-refractivity contribution in [1.82, 2.24) is 10.3 Å². The van der Waals surface area contributed by atoms with Gasteiger partial charge in [-0.1, -0.05) is 30.3 Å². The minimum atomic E-state index is -1.00. The molecule has 4 N–H and O–H groups in total. The van der Waals surface area contributed by atoms with Crippen LogP contribution in [0.1, 0.15) is 16.8 Å². The van der Waals surface area contributed by atoms with Crippen molar-refractivity contribution in [1.29, 1.82) is 0 Å². The van der Waals surface area contributed by atoms with Crippen LogP contribution in [0.2, 0.25) is 0 Å². The fourth-order valence-electron chi connectivity index (χ4n) is 2.57. The van der Waals surface area contributed by atoms with Gasteiger partial charge in [0.05, 0.1) is 23.6 Å². The fourth-order valence-corrected chi connectivity index (χ4v) is 2.57. The lowest BCUT2D eigenvalue weighted by Gasteiger charge is -2.21. The Bertz CT molecular complexity index is 697. The summed E-state index contributed by atoms with van der Waals surface area (Å²) in [4.78, 5) is 16.6. The van der Waals surface area contributed by atoms with Crippen LogP contribution in [0.15, 0.2) is 42.6 Å². The van der Waals surface area contributed by atoms with Crippen molar-refractivity contribution in [3.05, 3.63) is 48.2 Å². The zero-order chi connectivity index (χ0) is 16.3. The molecule has 0 bridgehead atoms. The van der Waals surface area contributed by atoms with E-state index in [9.17, 15) is 9.90 Å². The average Bonchev–Trinajstić information content (AvgIpc) is 3.01. The largest absolute Gasteiger partial charge is 0.396 e. The molecule has 1 aliphatic rings. The minimum Gasteiger partial charge on any atom is -0.396 e. The number of pyridine rings is 1. The number of anilines is 1. The van der Waals surface area contributed by atoms with E-state index >= 15 is 0 Å². The number of carbonyl (C=O) groups excluding carboxylic acids is 1. The van der Waals surface area contributed by atoms with Crippen molar-refractivity contribution in [3.63, 3.8) is 0 Å². The van der Waals surface area contributed by atoms with E-state index in [1.54, 1.807) is 12.3 Å². The number of nitrogens with one attached hydrogen (secondary N) is 1. The average molecular weight is 313 g/mol. The predicted octanol–water partition coefficient (Wildman–Crippen LogP) is 1.21. The molecule has 23 heavy (non-hydrogen) atoms. The van der Waals surface area contributed by atoms with Crippen molar-refractivity contribution < 1.29 is 14.6 Å². The van der Waals surface area contributed by atoms with Crippen LogP contribution in [0.25, 0.3) is 11.3 Å². The summed E-state index contributed by atoms with van der Waals surface area (Å²) in [7, 11) is 0. The smallest absolute Gasteiger partial charge is 0.253 e. The van der Waals surface area contributed by atoms with E-state index in [4.69, 9.17) is 10.5 Å². The number of nitrogens with two attached hydrogens (primary N) is 1. The van der Waals surface area contributed by atoms with Gasteiger partial charge in [-0.15, -0.1) is 0 Å². The normalized spacial score (nSPS) is 20.4. The maximum absolute atomic E-state index is 12.4. The molecule has 1 aliphatic heterocycles. The van der Waals surface area contributed by atoms with Crippen molar-refractivity contribution in [2.75, 3.05) is 25.5 Å². The zero-order valence-corrected chi connectivity index (χ0v) is 12.7. The van der Waals surface area contributed by atoms with E-state index in [0.717, 1.165) is 5.56 Å². The summed E-state index contributed by atoms with van der Waals surface area (Å²) in [6.45, 7) is 0.866. The summed E-state index contributed by atoms with van der Waals surface area (Å²) in [6.07, 6.45) is 2.06. The number of nitrogens with zero attached hydrogens (tertiary/aromatic N) is 1. The van der Waals surface area contributed by atoms with Gasteiger partial charge in [-0.2, -0.15) is 0 Å². The Balaban J connectivity index is 1.79. The molecule has 120 valence electrons.